The highest BCUT2D eigenvalue weighted by molar-refractivity contribution is 5.77. The highest BCUT2D eigenvalue weighted by atomic mass is 16.6. The number of anilines is 2. The molecule has 10 nitrogen and oxygen atoms in total. The lowest BCUT2D eigenvalue weighted by Gasteiger charge is -2.39. The fourth-order valence-corrected chi connectivity index (χ4v) is 4.75. The summed E-state index contributed by atoms with van der Waals surface area (Å²) in [6, 6.07) is 12.0. The third-order valence-electron chi connectivity index (χ3n) is 6.80. The van der Waals surface area contributed by atoms with Crippen molar-refractivity contribution in [1.29, 1.82) is 0 Å². The van der Waals surface area contributed by atoms with Crippen molar-refractivity contribution in [3.63, 3.8) is 0 Å². The van der Waals surface area contributed by atoms with Crippen molar-refractivity contribution in [2.75, 3.05) is 32.2 Å². The molecule has 1 saturated heterocycles. The molecule has 4 aromatic rings. The molecule has 35 heavy (non-hydrogen) atoms. The second kappa shape index (κ2) is 8.56. The maximum Gasteiger partial charge on any atom is 0.278 e. The van der Waals surface area contributed by atoms with Gasteiger partial charge in [0.2, 0.25) is 5.95 Å². The number of nitrogens with zero attached hydrogens (tertiary/aromatic N) is 5. The number of hydrogen-bond acceptors (Lipinski definition) is 8. The molecule has 2 aliphatic rings. The summed E-state index contributed by atoms with van der Waals surface area (Å²) in [6.45, 7) is 5.11. The zero-order valence-electron chi connectivity index (χ0n) is 19.7. The Morgan fingerprint density at radius 2 is 2.09 bits per heavy atom. The first-order chi connectivity index (χ1) is 17.1. The predicted octanol–water partition coefficient (Wildman–Crippen LogP) is 2.26. The number of rotatable bonds is 6. The van der Waals surface area contributed by atoms with Gasteiger partial charge in [-0.25, -0.2) is 19.3 Å². The van der Waals surface area contributed by atoms with E-state index < -0.39 is 5.60 Å². The number of hydrogen-bond donors (Lipinski definition) is 2. The van der Waals surface area contributed by atoms with Gasteiger partial charge >= 0.3 is 0 Å². The van der Waals surface area contributed by atoms with Gasteiger partial charge in [-0.1, -0.05) is 12.1 Å². The van der Waals surface area contributed by atoms with E-state index in [-0.39, 0.29) is 5.56 Å². The molecule has 0 spiro atoms. The number of fused-ring (bicyclic) bond motifs is 2. The maximum atomic E-state index is 13.2. The molecular formula is C25H27N7O3. The summed E-state index contributed by atoms with van der Waals surface area (Å²) in [6.07, 6.45) is 2.60. The fourth-order valence-electron chi connectivity index (χ4n) is 4.75. The minimum absolute atomic E-state index is 0.158. The van der Waals surface area contributed by atoms with Crippen LogP contribution in [0.25, 0.3) is 16.9 Å². The second-order valence-corrected chi connectivity index (χ2v) is 8.87. The smallest absolute Gasteiger partial charge is 0.278 e. The first-order valence-corrected chi connectivity index (χ1v) is 11.8. The molecule has 0 radical (unpaired) electrons. The zero-order chi connectivity index (χ0) is 24.0. The number of ether oxygens (including phenoxy) is 2. The highest BCUT2D eigenvalue weighted by Crippen LogP contribution is 2.32. The van der Waals surface area contributed by atoms with Crippen molar-refractivity contribution in [3.05, 3.63) is 69.8 Å². The minimum Gasteiger partial charge on any atom is -0.374 e. The first kappa shape index (κ1) is 21.9. The molecule has 0 saturated carbocycles. The molecule has 1 aromatic carbocycles. The van der Waals surface area contributed by atoms with Gasteiger partial charge in [-0.2, -0.15) is 4.98 Å². The van der Waals surface area contributed by atoms with Crippen molar-refractivity contribution < 1.29 is 9.47 Å². The van der Waals surface area contributed by atoms with Crippen LogP contribution in [0.1, 0.15) is 23.7 Å². The average Bonchev–Trinajstić information content (AvgIpc) is 3.14. The standard InChI is InChI=1S/C25H27N7O3/c1-3-31-23(33)19-13-27-24(28-18-8-7-16-9-10-26-12-17(16)11-18)30-22(19)32(31)21-6-4-5-20(29-21)25(34-2)14-35-15-25/h4-8,11,13,26H,3,9-10,12,14-15H2,1-2H3,(H,27,28,30). The lowest BCUT2D eigenvalue weighted by atomic mass is 9.97. The van der Waals surface area contributed by atoms with Crippen LogP contribution in [0.3, 0.4) is 0 Å². The van der Waals surface area contributed by atoms with E-state index in [0.717, 1.165) is 30.9 Å². The van der Waals surface area contributed by atoms with Gasteiger partial charge in [0.1, 0.15) is 5.39 Å². The van der Waals surface area contributed by atoms with Crippen molar-refractivity contribution in [1.82, 2.24) is 29.6 Å². The molecule has 1 fully saturated rings. The predicted molar refractivity (Wildman–Crippen MR) is 131 cm³/mol. The van der Waals surface area contributed by atoms with E-state index in [1.165, 1.54) is 11.1 Å². The van der Waals surface area contributed by atoms with Crippen molar-refractivity contribution in [2.24, 2.45) is 0 Å². The van der Waals surface area contributed by atoms with Gasteiger partial charge < -0.3 is 20.1 Å². The second-order valence-electron chi connectivity index (χ2n) is 8.87. The van der Waals surface area contributed by atoms with Crippen LogP contribution >= 0.6 is 0 Å². The molecule has 3 aromatic heterocycles. The number of methoxy groups -OCH3 is 1. The van der Waals surface area contributed by atoms with E-state index in [2.05, 4.69) is 27.8 Å². The van der Waals surface area contributed by atoms with E-state index in [0.29, 0.717) is 42.6 Å². The van der Waals surface area contributed by atoms with E-state index in [9.17, 15) is 4.79 Å². The lowest BCUT2D eigenvalue weighted by Crippen LogP contribution is -2.49. The van der Waals surface area contributed by atoms with Gasteiger partial charge in [0.05, 0.1) is 18.9 Å². The van der Waals surface area contributed by atoms with Gasteiger partial charge in [0, 0.05) is 32.1 Å². The summed E-state index contributed by atoms with van der Waals surface area (Å²) in [4.78, 5) is 27.2. The van der Waals surface area contributed by atoms with Gasteiger partial charge in [0.25, 0.3) is 5.56 Å². The molecule has 0 unspecified atom stereocenters. The molecule has 2 aliphatic heterocycles. The summed E-state index contributed by atoms with van der Waals surface area (Å²) in [5.74, 6) is 1.00. The van der Waals surface area contributed by atoms with Crippen LogP contribution in [0.4, 0.5) is 11.6 Å². The maximum absolute atomic E-state index is 13.2. The van der Waals surface area contributed by atoms with Crippen LogP contribution in [0.5, 0.6) is 0 Å². The molecule has 180 valence electrons. The van der Waals surface area contributed by atoms with E-state index >= 15 is 0 Å². The summed E-state index contributed by atoms with van der Waals surface area (Å²) in [5, 5.41) is 7.14. The molecule has 10 heteroatoms. The van der Waals surface area contributed by atoms with Gasteiger partial charge in [-0.05, 0) is 55.3 Å². The number of benzene rings is 1. The van der Waals surface area contributed by atoms with Crippen LogP contribution in [0.15, 0.2) is 47.4 Å². The lowest BCUT2D eigenvalue weighted by molar-refractivity contribution is -0.204. The van der Waals surface area contributed by atoms with E-state index in [1.807, 2.05) is 31.2 Å². The average molecular weight is 474 g/mol. The number of nitrogens with one attached hydrogen (secondary N) is 2. The van der Waals surface area contributed by atoms with Crippen LogP contribution in [-0.2, 0) is 34.6 Å². The van der Waals surface area contributed by atoms with Gasteiger partial charge in [-0.3, -0.25) is 4.79 Å². The molecule has 0 bridgehead atoms. The molecule has 0 atom stereocenters. The van der Waals surface area contributed by atoms with Gasteiger partial charge in [-0.15, -0.1) is 0 Å². The third-order valence-corrected chi connectivity index (χ3v) is 6.80. The SMILES string of the molecule is CCn1c(=O)c2cnc(Nc3ccc4c(c3)CNCC4)nc2n1-c1cccc(C2(OC)COC2)n1. The number of pyridine rings is 1. The van der Waals surface area contributed by atoms with Crippen LogP contribution in [-0.4, -0.2) is 51.2 Å². The third kappa shape index (κ3) is 3.61. The molecule has 5 heterocycles. The van der Waals surface area contributed by atoms with Gasteiger partial charge in [0.15, 0.2) is 17.1 Å². The zero-order valence-corrected chi connectivity index (χ0v) is 19.7. The summed E-state index contributed by atoms with van der Waals surface area (Å²) >= 11 is 0. The Morgan fingerprint density at radius 3 is 2.86 bits per heavy atom. The Morgan fingerprint density at radius 1 is 1.20 bits per heavy atom. The summed E-state index contributed by atoms with van der Waals surface area (Å²) in [7, 11) is 1.66. The van der Waals surface area contributed by atoms with Crippen LogP contribution in [0.2, 0.25) is 0 Å². The monoisotopic (exact) mass is 473 g/mol. The largest absolute Gasteiger partial charge is 0.374 e. The van der Waals surface area contributed by atoms with Crippen LogP contribution in [0, 0.1) is 0 Å². The summed E-state index contributed by atoms with van der Waals surface area (Å²) in [5.41, 5.74) is 4.06. The Labute approximate surface area is 201 Å². The molecule has 6 rings (SSSR count). The molecular weight excluding hydrogens is 446 g/mol. The topological polar surface area (TPSA) is 108 Å². The Hall–Kier alpha value is -3.60. The van der Waals surface area contributed by atoms with E-state index in [1.54, 1.807) is 22.7 Å². The minimum atomic E-state index is -0.570. The summed E-state index contributed by atoms with van der Waals surface area (Å²) < 4.78 is 14.5. The van der Waals surface area contributed by atoms with E-state index in [4.69, 9.17) is 19.4 Å². The Kier molecular flexibility index (Phi) is 5.36. The Bertz CT molecular complexity index is 1470. The van der Waals surface area contributed by atoms with Crippen molar-refractivity contribution in [3.8, 4) is 5.82 Å². The highest BCUT2D eigenvalue weighted by Gasteiger charge is 2.42. The first-order valence-electron chi connectivity index (χ1n) is 11.8. The molecule has 2 N–H and O–H groups in total. The normalized spacial score (nSPS) is 16.6. The molecule has 0 amide bonds. The fraction of sp³-hybridized carbons (Fsp3) is 0.360. The quantitative estimate of drug-likeness (QED) is 0.439. The van der Waals surface area contributed by atoms with Crippen molar-refractivity contribution >= 4 is 22.7 Å². The number of aromatic nitrogens is 5. The molecule has 0 aliphatic carbocycles. The van der Waals surface area contributed by atoms with Crippen LogP contribution < -0.4 is 16.2 Å². The van der Waals surface area contributed by atoms with Crippen molar-refractivity contribution in [2.45, 2.75) is 32.0 Å². The Balaban J connectivity index is 1.43.